The van der Waals surface area contributed by atoms with Crippen LogP contribution in [-0.4, -0.2) is 18.0 Å². The Bertz CT molecular complexity index is 653. The third kappa shape index (κ3) is 3.89. The summed E-state index contributed by atoms with van der Waals surface area (Å²) in [6.45, 7) is 0. The summed E-state index contributed by atoms with van der Waals surface area (Å²) >= 11 is 0. The zero-order valence-corrected chi connectivity index (χ0v) is 11.6. The van der Waals surface area contributed by atoms with E-state index in [1.54, 1.807) is 6.07 Å². The molecule has 2 rings (SSSR count). The summed E-state index contributed by atoms with van der Waals surface area (Å²) in [7, 11) is 1.32. The zero-order valence-electron chi connectivity index (χ0n) is 11.6. The Balaban J connectivity index is 2.36. The predicted octanol–water partition coefficient (Wildman–Crippen LogP) is 2.90. The fourth-order valence-electron chi connectivity index (χ4n) is 2.11. The zero-order chi connectivity index (χ0) is 15.2. The molecule has 0 saturated carbocycles. The minimum atomic E-state index is -0.434. The maximum Gasteiger partial charge on any atom is 0.309 e. The van der Waals surface area contributed by atoms with Crippen LogP contribution < -0.4 is 0 Å². The molecule has 0 heterocycles. The van der Waals surface area contributed by atoms with Gasteiger partial charge in [-0.2, -0.15) is 0 Å². The third-order valence-corrected chi connectivity index (χ3v) is 3.20. The molecular formula is C16H15NO4. The van der Waals surface area contributed by atoms with Crippen molar-refractivity contribution in [3.63, 3.8) is 0 Å². The first-order chi connectivity index (χ1) is 10.1. The van der Waals surface area contributed by atoms with Crippen molar-refractivity contribution in [2.45, 2.75) is 12.8 Å². The summed E-state index contributed by atoms with van der Waals surface area (Å²) in [5.74, 6) is -0.363. The van der Waals surface area contributed by atoms with Crippen molar-refractivity contribution < 1.29 is 14.5 Å². The Kier molecular flexibility index (Phi) is 4.66. The van der Waals surface area contributed by atoms with Gasteiger partial charge in [0.2, 0.25) is 0 Å². The maximum absolute atomic E-state index is 11.4. The fourth-order valence-corrected chi connectivity index (χ4v) is 2.11. The first-order valence-corrected chi connectivity index (χ1v) is 6.47. The molecule has 0 N–H and O–H groups in total. The van der Waals surface area contributed by atoms with Crippen LogP contribution in [0.2, 0.25) is 0 Å². The lowest BCUT2D eigenvalue weighted by atomic mass is 9.97. The topological polar surface area (TPSA) is 69.4 Å². The number of benzene rings is 2. The average molecular weight is 285 g/mol. The van der Waals surface area contributed by atoms with E-state index in [1.807, 2.05) is 30.3 Å². The molecule has 0 spiro atoms. The smallest absolute Gasteiger partial charge is 0.309 e. The van der Waals surface area contributed by atoms with Crippen molar-refractivity contribution in [2.75, 3.05) is 7.11 Å². The summed E-state index contributed by atoms with van der Waals surface area (Å²) in [6.07, 6.45) is 0.644. The number of carbonyl (C=O) groups is 1. The van der Waals surface area contributed by atoms with Crippen molar-refractivity contribution in [1.29, 1.82) is 0 Å². The molecule has 0 saturated heterocycles. The molecule has 0 aromatic heterocycles. The molecule has 0 fully saturated rings. The van der Waals surface area contributed by atoms with E-state index in [0.717, 1.165) is 16.7 Å². The van der Waals surface area contributed by atoms with Crippen LogP contribution in [0.25, 0.3) is 0 Å². The van der Waals surface area contributed by atoms with Gasteiger partial charge in [-0.25, -0.2) is 0 Å². The van der Waals surface area contributed by atoms with Crippen LogP contribution in [0.15, 0.2) is 48.5 Å². The highest BCUT2D eigenvalue weighted by molar-refractivity contribution is 5.73. The molecule has 0 atom stereocenters. The molecule has 0 bridgehead atoms. The molecule has 0 aliphatic carbocycles. The number of esters is 1. The normalized spacial score (nSPS) is 10.1. The quantitative estimate of drug-likeness (QED) is 0.481. The lowest BCUT2D eigenvalue weighted by molar-refractivity contribution is -0.384. The first kappa shape index (κ1) is 14.7. The van der Waals surface area contributed by atoms with Gasteiger partial charge in [0.15, 0.2) is 0 Å². The van der Waals surface area contributed by atoms with Gasteiger partial charge in [0, 0.05) is 12.1 Å². The summed E-state index contributed by atoms with van der Waals surface area (Å²) in [5.41, 5.74) is 2.57. The monoisotopic (exact) mass is 285 g/mol. The Labute approximate surface area is 122 Å². The number of hydrogen-bond donors (Lipinski definition) is 0. The number of carbonyl (C=O) groups excluding carboxylic acids is 1. The van der Waals surface area contributed by atoms with Crippen molar-refractivity contribution in [3.8, 4) is 0 Å². The SMILES string of the molecule is COC(=O)Cc1ccc([N+](=O)[O-])cc1Cc1ccccc1. The van der Waals surface area contributed by atoms with E-state index < -0.39 is 4.92 Å². The van der Waals surface area contributed by atoms with E-state index in [2.05, 4.69) is 4.74 Å². The Morgan fingerprint density at radius 3 is 2.48 bits per heavy atom. The second-order valence-corrected chi connectivity index (χ2v) is 4.63. The van der Waals surface area contributed by atoms with Crippen LogP contribution in [0.4, 0.5) is 5.69 Å². The first-order valence-electron chi connectivity index (χ1n) is 6.47. The molecule has 0 aliphatic heterocycles. The van der Waals surface area contributed by atoms with Gasteiger partial charge in [-0.05, 0) is 23.1 Å². The highest BCUT2D eigenvalue weighted by Gasteiger charge is 2.14. The van der Waals surface area contributed by atoms with Crippen molar-refractivity contribution >= 4 is 11.7 Å². The van der Waals surface area contributed by atoms with E-state index in [9.17, 15) is 14.9 Å². The van der Waals surface area contributed by atoms with Crippen molar-refractivity contribution in [3.05, 3.63) is 75.3 Å². The second kappa shape index (κ2) is 6.65. The largest absolute Gasteiger partial charge is 0.469 e. The predicted molar refractivity (Wildman–Crippen MR) is 78.1 cm³/mol. The van der Waals surface area contributed by atoms with Gasteiger partial charge in [-0.1, -0.05) is 36.4 Å². The molecule has 0 aliphatic rings. The van der Waals surface area contributed by atoms with E-state index in [0.29, 0.717) is 6.42 Å². The number of nitrogens with zero attached hydrogens (tertiary/aromatic N) is 1. The number of methoxy groups -OCH3 is 1. The molecule has 5 nitrogen and oxygen atoms in total. The van der Waals surface area contributed by atoms with Gasteiger partial charge >= 0.3 is 5.97 Å². The summed E-state index contributed by atoms with van der Waals surface area (Å²) in [5, 5.41) is 10.9. The van der Waals surface area contributed by atoms with Crippen molar-refractivity contribution in [1.82, 2.24) is 0 Å². The van der Waals surface area contributed by atoms with Crippen LogP contribution in [0.5, 0.6) is 0 Å². The standard InChI is InChI=1S/C16H15NO4/c1-21-16(18)11-13-7-8-15(17(19)20)10-14(13)9-12-5-3-2-4-6-12/h2-8,10H,9,11H2,1H3. The number of nitro benzene ring substituents is 1. The van der Waals surface area contributed by atoms with Gasteiger partial charge in [0.25, 0.3) is 5.69 Å². The van der Waals surface area contributed by atoms with Gasteiger partial charge in [0.1, 0.15) is 0 Å². The van der Waals surface area contributed by atoms with Crippen LogP contribution >= 0.6 is 0 Å². The molecule has 21 heavy (non-hydrogen) atoms. The Morgan fingerprint density at radius 2 is 1.86 bits per heavy atom. The number of ether oxygens (including phenoxy) is 1. The molecule has 2 aromatic rings. The highest BCUT2D eigenvalue weighted by Crippen LogP contribution is 2.21. The molecule has 5 heteroatoms. The fraction of sp³-hybridized carbons (Fsp3) is 0.188. The van der Waals surface area contributed by atoms with Crippen molar-refractivity contribution in [2.24, 2.45) is 0 Å². The number of hydrogen-bond acceptors (Lipinski definition) is 4. The molecule has 0 unspecified atom stereocenters. The number of non-ortho nitro benzene ring substituents is 1. The molecule has 2 aromatic carbocycles. The number of nitro groups is 1. The molecule has 108 valence electrons. The Morgan fingerprint density at radius 1 is 1.14 bits per heavy atom. The average Bonchev–Trinajstić information content (AvgIpc) is 2.49. The third-order valence-electron chi connectivity index (χ3n) is 3.20. The van der Waals surface area contributed by atoms with Gasteiger partial charge in [0.05, 0.1) is 18.5 Å². The van der Waals surface area contributed by atoms with Gasteiger partial charge in [-0.15, -0.1) is 0 Å². The van der Waals surface area contributed by atoms with Crippen LogP contribution in [0.3, 0.4) is 0 Å². The maximum atomic E-state index is 11.4. The van der Waals surface area contributed by atoms with E-state index in [-0.39, 0.29) is 18.1 Å². The molecule has 0 amide bonds. The van der Waals surface area contributed by atoms with E-state index >= 15 is 0 Å². The minimum Gasteiger partial charge on any atom is -0.469 e. The molecular weight excluding hydrogens is 270 g/mol. The van der Waals surface area contributed by atoms with E-state index in [1.165, 1.54) is 19.2 Å². The van der Waals surface area contributed by atoms with Crippen LogP contribution in [-0.2, 0) is 22.4 Å². The van der Waals surface area contributed by atoms with Crippen LogP contribution in [0, 0.1) is 10.1 Å². The van der Waals surface area contributed by atoms with Gasteiger partial charge in [-0.3, -0.25) is 14.9 Å². The van der Waals surface area contributed by atoms with Gasteiger partial charge < -0.3 is 4.74 Å². The number of rotatable bonds is 5. The minimum absolute atomic E-state index is 0.0227. The lowest BCUT2D eigenvalue weighted by Gasteiger charge is -2.09. The summed E-state index contributed by atoms with van der Waals surface area (Å²) in [4.78, 5) is 21.9. The lowest BCUT2D eigenvalue weighted by Crippen LogP contribution is -2.07. The van der Waals surface area contributed by atoms with Crippen LogP contribution in [0.1, 0.15) is 16.7 Å². The summed E-state index contributed by atoms with van der Waals surface area (Å²) in [6, 6.07) is 14.2. The van der Waals surface area contributed by atoms with E-state index in [4.69, 9.17) is 0 Å². The second-order valence-electron chi connectivity index (χ2n) is 4.63. The highest BCUT2D eigenvalue weighted by atomic mass is 16.6. The molecule has 0 radical (unpaired) electrons. The Hall–Kier alpha value is -2.69. The summed E-state index contributed by atoms with van der Waals surface area (Å²) < 4.78 is 4.66.